The van der Waals surface area contributed by atoms with Gasteiger partial charge in [-0.1, -0.05) is 0 Å². The largest absolute Gasteiger partial charge is 0.332 e. The van der Waals surface area contributed by atoms with Crippen LogP contribution in [0.1, 0.15) is 12.8 Å². The van der Waals surface area contributed by atoms with E-state index in [1.807, 2.05) is 0 Å². The van der Waals surface area contributed by atoms with E-state index in [4.69, 9.17) is 0 Å². The quantitative estimate of drug-likeness (QED) is 0.596. The number of sulfonamides is 1. The Kier molecular flexibility index (Phi) is 5.89. The zero-order valence-corrected chi connectivity index (χ0v) is 18.8. The molecule has 0 saturated carbocycles. The lowest BCUT2D eigenvalue weighted by molar-refractivity contribution is -0.120. The molecule has 3 heterocycles. The summed E-state index contributed by atoms with van der Waals surface area (Å²) in [6, 6.07) is 6.09. The van der Waals surface area contributed by atoms with Gasteiger partial charge in [0, 0.05) is 33.1 Å². The molecule has 33 heavy (non-hydrogen) atoms. The van der Waals surface area contributed by atoms with Gasteiger partial charge in [0.05, 0.1) is 22.2 Å². The van der Waals surface area contributed by atoms with Crippen LogP contribution in [-0.4, -0.2) is 45.8 Å². The minimum Gasteiger partial charge on any atom is -0.324 e. The molecule has 0 aliphatic carbocycles. The lowest BCUT2D eigenvalue weighted by Crippen LogP contribution is -2.41. The summed E-state index contributed by atoms with van der Waals surface area (Å²) in [5.74, 6) is -1.26. The molecule has 1 fully saturated rings. The average Bonchev–Trinajstić information content (AvgIpc) is 2.81. The highest BCUT2D eigenvalue weighted by atomic mass is 32.2. The zero-order valence-electron chi connectivity index (χ0n) is 18.0. The molecule has 2 aromatic heterocycles. The summed E-state index contributed by atoms with van der Waals surface area (Å²) < 4.78 is 42.1. The Labute approximate surface area is 188 Å². The highest BCUT2D eigenvalue weighted by molar-refractivity contribution is 7.89. The van der Waals surface area contributed by atoms with E-state index in [9.17, 15) is 27.2 Å². The van der Waals surface area contributed by atoms with Crippen molar-refractivity contribution in [3.8, 4) is 0 Å². The van der Waals surface area contributed by atoms with E-state index >= 15 is 0 Å². The van der Waals surface area contributed by atoms with Crippen molar-refractivity contribution >= 4 is 32.7 Å². The molecule has 0 unspecified atom stereocenters. The van der Waals surface area contributed by atoms with Crippen LogP contribution < -0.4 is 16.6 Å². The summed E-state index contributed by atoms with van der Waals surface area (Å²) in [5, 5.41) is 2.92. The molecule has 1 aliphatic rings. The monoisotopic (exact) mass is 475 g/mol. The molecule has 174 valence electrons. The number of anilines is 1. The van der Waals surface area contributed by atoms with Crippen LogP contribution >= 0.6 is 0 Å². The molecule has 10 nitrogen and oxygen atoms in total. The van der Waals surface area contributed by atoms with Gasteiger partial charge in [0.1, 0.15) is 11.5 Å². The maximum Gasteiger partial charge on any atom is 0.332 e. The van der Waals surface area contributed by atoms with Gasteiger partial charge in [-0.25, -0.2) is 22.6 Å². The number of halogens is 1. The SMILES string of the molecule is Cn1c(=O)c2cc(NC(=O)C3CCN(S(=O)(=O)c4ccc(F)cc4)CC3)cnc2n(C)c1=O. The van der Waals surface area contributed by atoms with Crippen molar-refractivity contribution < 1.29 is 17.6 Å². The maximum absolute atomic E-state index is 13.1. The number of aromatic nitrogens is 3. The van der Waals surface area contributed by atoms with Crippen molar-refractivity contribution in [2.75, 3.05) is 18.4 Å². The van der Waals surface area contributed by atoms with Crippen LogP contribution in [0.3, 0.4) is 0 Å². The van der Waals surface area contributed by atoms with Crippen LogP contribution in [0.4, 0.5) is 10.1 Å². The normalized spacial score (nSPS) is 15.6. The Morgan fingerprint density at radius 2 is 1.73 bits per heavy atom. The zero-order chi connectivity index (χ0) is 23.9. The maximum atomic E-state index is 13.1. The Bertz CT molecular complexity index is 1460. The van der Waals surface area contributed by atoms with Crippen molar-refractivity contribution in [2.45, 2.75) is 17.7 Å². The Morgan fingerprint density at radius 3 is 2.36 bits per heavy atom. The van der Waals surface area contributed by atoms with Gasteiger partial charge in [0.2, 0.25) is 15.9 Å². The number of aryl methyl sites for hydroxylation is 1. The molecule has 0 spiro atoms. The number of fused-ring (bicyclic) bond motifs is 1. The van der Waals surface area contributed by atoms with Crippen LogP contribution in [0.25, 0.3) is 11.0 Å². The minimum atomic E-state index is -3.77. The fourth-order valence-corrected chi connectivity index (χ4v) is 5.36. The molecule has 1 saturated heterocycles. The van der Waals surface area contributed by atoms with Crippen molar-refractivity contribution in [3.05, 3.63) is 63.2 Å². The number of pyridine rings is 1. The molecule has 4 rings (SSSR count). The van der Waals surface area contributed by atoms with E-state index in [1.165, 1.54) is 47.4 Å². The molecule has 0 radical (unpaired) electrons. The van der Waals surface area contributed by atoms with Gasteiger partial charge in [-0.05, 0) is 43.2 Å². The van der Waals surface area contributed by atoms with E-state index < -0.39 is 33.0 Å². The van der Waals surface area contributed by atoms with Crippen molar-refractivity contribution in [1.29, 1.82) is 0 Å². The average molecular weight is 476 g/mol. The molecule has 1 N–H and O–H groups in total. The van der Waals surface area contributed by atoms with Gasteiger partial charge in [0.25, 0.3) is 5.56 Å². The Hall–Kier alpha value is -3.38. The third-order valence-corrected chi connectivity index (χ3v) is 7.75. The predicted molar refractivity (Wildman–Crippen MR) is 119 cm³/mol. The van der Waals surface area contributed by atoms with Gasteiger partial charge in [-0.2, -0.15) is 4.31 Å². The first kappa shape index (κ1) is 22.8. The summed E-state index contributed by atoms with van der Waals surface area (Å²) in [5.41, 5.74) is -0.500. The smallest absolute Gasteiger partial charge is 0.324 e. The third-order valence-electron chi connectivity index (χ3n) is 5.84. The number of amides is 1. The molecular weight excluding hydrogens is 453 g/mol. The van der Waals surface area contributed by atoms with Crippen molar-refractivity contribution in [1.82, 2.24) is 18.4 Å². The second kappa shape index (κ2) is 8.52. The number of hydrogen-bond donors (Lipinski definition) is 1. The Balaban J connectivity index is 1.46. The van der Waals surface area contributed by atoms with Crippen LogP contribution in [0.5, 0.6) is 0 Å². The number of benzene rings is 1. The lowest BCUT2D eigenvalue weighted by atomic mass is 9.97. The number of nitrogens with one attached hydrogen (secondary N) is 1. The van der Waals surface area contributed by atoms with E-state index in [1.54, 1.807) is 0 Å². The number of rotatable bonds is 4. The van der Waals surface area contributed by atoms with Gasteiger partial charge >= 0.3 is 5.69 Å². The molecule has 1 amide bonds. The van der Waals surface area contributed by atoms with E-state index in [0.717, 1.165) is 16.7 Å². The summed E-state index contributed by atoms with van der Waals surface area (Å²) in [7, 11) is -0.900. The highest BCUT2D eigenvalue weighted by Gasteiger charge is 2.32. The van der Waals surface area contributed by atoms with Crippen LogP contribution in [0, 0.1) is 11.7 Å². The van der Waals surface area contributed by atoms with E-state index in [0.29, 0.717) is 18.5 Å². The standard InChI is InChI=1S/C21H22FN5O5S/c1-25-18-17(20(29)26(2)21(25)30)11-15(12-23-18)24-19(28)13-7-9-27(10-8-13)33(31,32)16-5-3-14(22)4-6-16/h3-6,11-13H,7-10H2,1-2H3,(H,24,28). The molecule has 1 aromatic carbocycles. The Morgan fingerprint density at radius 1 is 1.09 bits per heavy atom. The molecule has 0 atom stereocenters. The number of carbonyl (C=O) groups is 1. The molecular formula is C21H22FN5O5S. The first-order valence-electron chi connectivity index (χ1n) is 10.2. The first-order chi connectivity index (χ1) is 15.6. The molecule has 1 aliphatic heterocycles. The van der Waals surface area contributed by atoms with Crippen molar-refractivity contribution in [2.24, 2.45) is 20.0 Å². The summed E-state index contributed by atoms with van der Waals surface area (Å²) in [6.07, 6.45) is 1.99. The molecule has 3 aromatic rings. The summed E-state index contributed by atoms with van der Waals surface area (Å²) in [4.78, 5) is 41.4. The molecule has 12 heteroatoms. The highest BCUT2D eigenvalue weighted by Crippen LogP contribution is 2.25. The number of carbonyl (C=O) groups excluding carboxylic acids is 1. The van der Waals surface area contributed by atoms with Gasteiger partial charge in [0.15, 0.2) is 0 Å². The number of nitrogens with zero attached hydrogens (tertiary/aromatic N) is 4. The van der Waals surface area contributed by atoms with Gasteiger partial charge in [-0.15, -0.1) is 0 Å². The van der Waals surface area contributed by atoms with Crippen LogP contribution in [0.2, 0.25) is 0 Å². The lowest BCUT2D eigenvalue weighted by Gasteiger charge is -2.30. The second-order valence-corrected chi connectivity index (χ2v) is 9.86. The van der Waals surface area contributed by atoms with E-state index in [-0.39, 0.29) is 34.9 Å². The first-order valence-corrected chi connectivity index (χ1v) is 11.7. The summed E-state index contributed by atoms with van der Waals surface area (Å²) >= 11 is 0. The fraction of sp³-hybridized carbons (Fsp3) is 0.333. The van der Waals surface area contributed by atoms with Crippen LogP contribution in [0.15, 0.2) is 51.0 Å². The molecule has 0 bridgehead atoms. The summed E-state index contributed by atoms with van der Waals surface area (Å²) in [6.45, 7) is 0.298. The van der Waals surface area contributed by atoms with Gasteiger partial charge < -0.3 is 5.32 Å². The van der Waals surface area contributed by atoms with Crippen molar-refractivity contribution in [3.63, 3.8) is 0 Å². The third kappa shape index (κ3) is 4.18. The topological polar surface area (TPSA) is 123 Å². The van der Waals surface area contributed by atoms with Gasteiger partial charge in [-0.3, -0.25) is 18.7 Å². The fourth-order valence-electron chi connectivity index (χ4n) is 3.89. The minimum absolute atomic E-state index is 0.00465. The predicted octanol–water partition coefficient (Wildman–Crippen LogP) is 0.811. The van der Waals surface area contributed by atoms with E-state index in [2.05, 4.69) is 10.3 Å². The number of hydrogen-bond acceptors (Lipinski definition) is 6. The van der Waals surface area contributed by atoms with Crippen LogP contribution in [-0.2, 0) is 28.9 Å². The number of piperidine rings is 1. The second-order valence-electron chi connectivity index (χ2n) is 7.92.